The number of nitrogens with zero attached hydrogens (tertiary/aromatic N) is 4. The monoisotopic (exact) mass is 1000 g/mol. The maximum atomic E-state index is 14.0. The van der Waals surface area contributed by atoms with E-state index < -0.39 is 0 Å². The standard InChI is InChI=1S/C33H27FN2O2.C33H25FN2O2/c2*34-25-15-13-22(14-16-25)19-36-20-29-30(21-37)26-12-7-17-35-32(26)28(31(29)33(36)38)18-27(23-8-3-1-4-9-23)24-10-5-2-6-11-24/h1-17,27,37H,18-21H2;1-17,21,27H,18-20H2. The number of amides is 2. The van der Waals surface area contributed by atoms with Crippen molar-refractivity contribution in [3.05, 3.63) is 296 Å². The molecule has 1 N–H and O–H groups in total. The average molecular weight is 1000 g/mol. The second kappa shape index (κ2) is 21.8. The second-order valence-corrected chi connectivity index (χ2v) is 19.4. The number of aliphatic hydroxyl groups excluding tert-OH is 1. The number of aromatic nitrogens is 2. The van der Waals surface area contributed by atoms with E-state index in [1.54, 1.807) is 46.5 Å². The number of halogens is 2. The van der Waals surface area contributed by atoms with Crippen molar-refractivity contribution < 1.29 is 28.3 Å². The summed E-state index contributed by atoms with van der Waals surface area (Å²) in [7, 11) is 0. The molecule has 10 aromatic rings. The van der Waals surface area contributed by atoms with Gasteiger partial charge in [0.2, 0.25) is 0 Å². The summed E-state index contributed by atoms with van der Waals surface area (Å²) < 4.78 is 27.0. The quantitative estimate of drug-likeness (QED) is 0.109. The van der Waals surface area contributed by atoms with Crippen molar-refractivity contribution in [2.75, 3.05) is 0 Å². The zero-order chi connectivity index (χ0) is 52.1. The van der Waals surface area contributed by atoms with Gasteiger partial charge in [-0.3, -0.25) is 24.4 Å². The molecular formula is C66H52F2N4O4. The maximum absolute atomic E-state index is 14.0. The Morgan fingerprint density at radius 2 is 0.855 bits per heavy atom. The molecule has 0 saturated heterocycles. The van der Waals surface area contributed by atoms with Gasteiger partial charge in [-0.05, 0) is 110 Å². The van der Waals surface area contributed by atoms with Crippen LogP contribution in [-0.4, -0.2) is 43.0 Å². The number of carbonyl (C=O) groups excluding carboxylic acids is 3. The zero-order valence-corrected chi connectivity index (χ0v) is 41.5. The summed E-state index contributed by atoms with van der Waals surface area (Å²) in [4.78, 5) is 53.3. The molecule has 2 aliphatic rings. The van der Waals surface area contributed by atoms with E-state index in [0.717, 1.165) is 83.8 Å². The van der Waals surface area contributed by atoms with E-state index in [2.05, 4.69) is 53.5 Å². The highest BCUT2D eigenvalue weighted by molar-refractivity contribution is 6.10. The first-order valence-electron chi connectivity index (χ1n) is 25.4. The van der Waals surface area contributed by atoms with Crippen molar-refractivity contribution >= 4 is 39.9 Å². The summed E-state index contributed by atoms with van der Waals surface area (Å²) in [6.07, 6.45) is 5.44. The lowest BCUT2D eigenvalue weighted by Gasteiger charge is -2.22. The average Bonchev–Trinajstić information content (AvgIpc) is 3.98. The molecule has 8 nitrogen and oxygen atoms in total. The Bertz CT molecular complexity index is 3650. The Balaban J connectivity index is 0.000000162. The van der Waals surface area contributed by atoms with Crippen LogP contribution in [0.4, 0.5) is 8.78 Å². The predicted octanol–water partition coefficient (Wildman–Crippen LogP) is 13.1. The maximum Gasteiger partial charge on any atom is 0.255 e. The first-order valence-corrected chi connectivity index (χ1v) is 25.4. The van der Waals surface area contributed by atoms with Gasteiger partial charge in [0.05, 0.1) is 28.8 Å². The van der Waals surface area contributed by atoms with Crippen molar-refractivity contribution in [3.8, 4) is 0 Å². The largest absolute Gasteiger partial charge is 0.392 e. The number of pyridine rings is 2. The van der Waals surface area contributed by atoms with Crippen molar-refractivity contribution in [1.82, 2.24) is 19.8 Å². The minimum atomic E-state index is -0.319. The van der Waals surface area contributed by atoms with E-state index >= 15 is 0 Å². The first kappa shape index (κ1) is 49.2. The van der Waals surface area contributed by atoms with Gasteiger partial charge in [-0.25, -0.2) is 8.78 Å². The van der Waals surface area contributed by atoms with E-state index in [4.69, 9.17) is 4.98 Å². The Labute approximate surface area is 439 Å². The van der Waals surface area contributed by atoms with E-state index in [0.29, 0.717) is 61.2 Å². The van der Waals surface area contributed by atoms with Gasteiger partial charge in [0.25, 0.3) is 11.8 Å². The van der Waals surface area contributed by atoms with Crippen LogP contribution in [0, 0.1) is 11.6 Å². The van der Waals surface area contributed by atoms with E-state index in [1.165, 1.54) is 24.3 Å². The molecule has 0 spiro atoms. The van der Waals surface area contributed by atoms with Gasteiger partial charge < -0.3 is 14.9 Å². The summed E-state index contributed by atoms with van der Waals surface area (Å²) in [6, 6.07) is 61.2. The van der Waals surface area contributed by atoms with Gasteiger partial charge in [-0.15, -0.1) is 0 Å². The van der Waals surface area contributed by atoms with Crippen molar-refractivity contribution in [2.45, 2.75) is 57.5 Å². The number of aliphatic hydroxyl groups is 1. The molecule has 76 heavy (non-hydrogen) atoms. The van der Waals surface area contributed by atoms with Crippen LogP contribution < -0.4 is 0 Å². The van der Waals surface area contributed by atoms with Gasteiger partial charge in [0.1, 0.15) is 11.6 Å². The SMILES string of the molecule is O=C1c2c(c(CO)c3cccnc3c2CC(c2ccccc2)c2ccccc2)CN1Cc1ccc(F)cc1.O=Cc1c2c(c(CC(c3ccccc3)c3ccccc3)c3ncccc13)C(=O)N(Cc1ccc(F)cc1)C2. The van der Waals surface area contributed by atoms with Gasteiger partial charge >= 0.3 is 0 Å². The summed E-state index contributed by atoms with van der Waals surface area (Å²) in [5, 5.41) is 12.1. The lowest BCUT2D eigenvalue weighted by atomic mass is 9.82. The Morgan fingerprint density at radius 1 is 0.474 bits per heavy atom. The van der Waals surface area contributed by atoms with Crippen LogP contribution in [0.15, 0.2) is 207 Å². The zero-order valence-electron chi connectivity index (χ0n) is 41.5. The molecule has 0 aliphatic carbocycles. The summed E-state index contributed by atoms with van der Waals surface area (Å²) in [6.45, 7) is 1.22. The highest BCUT2D eigenvalue weighted by atomic mass is 19.1. The van der Waals surface area contributed by atoms with E-state index in [-0.39, 0.29) is 41.9 Å². The number of hydrogen-bond donors (Lipinski definition) is 1. The number of aldehydes is 1. The summed E-state index contributed by atoms with van der Waals surface area (Å²) in [5.41, 5.74) is 13.5. The fraction of sp³-hybridized carbons (Fsp3) is 0.136. The topological polar surface area (TPSA) is 104 Å². The predicted molar refractivity (Wildman–Crippen MR) is 292 cm³/mol. The first-order chi connectivity index (χ1) is 37.3. The Kier molecular flexibility index (Phi) is 14.2. The van der Waals surface area contributed by atoms with Crippen LogP contribution in [0.2, 0.25) is 0 Å². The normalized spacial score (nSPS) is 12.9. The number of carbonyl (C=O) groups is 3. The minimum absolute atomic E-state index is 0.00673. The number of benzene rings is 8. The third-order valence-electron chi connectivity index (χ3n) is 14.9. The molecule has 2 aromatic heterocycles. The van der Waals surface area contributed by atoms with Gasteiger partial charge in [-0.2, -0.15) is 0 Å². The molecule has 8 aromatic carbocycles. The molecule has 10 heteroatoms. The highest BCUT2D eigenvalue weighted by Crippen LogP contribution is 2.42. The molecule has 12 rings (SSSR count). The van der Waals surface area contributed by atoms with Crippen LogP contribution >= 0.6 is 0 Å². The van der Waals surface area contributed by atoms with Crippen molar-refractivity contribution in [1.29, 1.82) is 0 Å². The van der Waals surface area contributed by atoms with Gasteiger partial charge in [0.15, 0.2) is 6.29 Å². The molecule has 0 radical (unpaired) electrons. The van der Waals surface area contributed by atoms with Crippen LogP contribution in [0.5, 0.6) is 0 Å². The molecule has 0 fully saturated rings. The minimum Gasteiger partial charge on any atom is -0.392 e. The molecule has 0 bridgehead atoms. The fourth-order valence-corrected chi connectivity index (χ4v) is 11.3. The second-order valence-electron chi connectivity index (χ2n) is 19.4. The van der Waals surface area contributed by atoms with Crippen LogP contribution in [-0.2, 0) is 45.6 Å². The van der Waals surface area contributed by atoms with Crippen LogP contribution in [0.25, 0.3) is 21.8 Å². The van der Waals surface area contributed by atoms with Crippen LogP contribution in [0.1, 0.15) is 104 Å². The Morgan fingerprint density at radius 3 is 1.26 bits per heavy atom. The number of fused-ring (bicyclic) bond motifs is 4. The molecule has 2 amide bonds. The number of hydrogen-bond acceptors (Lipinski definition) is 6. The highest BCUT2D eigenvalue weighted by Gasteiger charge is 2.37. The molecule has 374 valence electrons. The molecule has 0 saturated carbocycles. The van der Waals surface area contributed by atoms with Crippen molar-refractivity contribution in [2.24, 2.45) is 0 Å². The third-order valence-corrected chi connectivity index (χ3v) is 14.9. The smallest absolute Gasteiger partial charge is 0.255 e. The summed E-state index contributed by atoms with van der Waals surface area (Å²) >= 11 is 0. The van der Waals surface area contributed by atoms with E-state index in [9.17, 15) is 28.3 Å². The third kappa shape index (κ3) is 9.78. The molecular weight excluding hydrogens is 951 g/mol. The lowest BCUT2D eigenvalue weighted by molar-refractivity contribution is 0.0758. The van der Waals surface area contributed by atoms with Crippen molar-refractivity contribution in [3.63, 3.8) is 0 Å². The lowest BCUT2D eigenvalue weighted by Crippen LogP contribution is -2.24. The summed E-state index contributed by atoms with van der Waals surface area (Å²) in [5.74, 6) is -0.824. The van der Waals surface area contributed by atoms with Gasteiger partial charge in [-0.1, -0.05) is 158 Å². The van der Waals surface area contributed by atoms with Gasteiger partial charge in [0, 0.05) is 66.7 Å². The van der Waals surface area contributed by atoms with E-state index in [1.807, 2.05) is 97.1 Å². The Hall–Kier alpha value is -8.99. The molecule has 0 unspecified atom stereocenters. The number of rotatable bonds is 14. The fourth-order valence-electron chi connectivity index (χ4n) is 11.3. The van der Waals surface area contributed by atoms with Crippen LogP contribution in [0.3, 0.4) is 0 Å². The molecule has 4 heterocycles. The molecule has 0 atom stereocenters. The molecule has 2 aliphatic heterocycles.